The first-order chi connectivity index (χ1) is 18.5. The molecule has 206 valence electrons. The second-order valence-corrected chi connectivity index (χ2v) is 11.2. The molecule has 4 aromatic heterocycles. The van der Waals surface area contributed by atoms with Crippen molar-refractivity contribution in [1.29, 1.82) is 0 Å². The van der Waals surface area contributed by atoms with Gasteiger partial charge in [-0.15, -0.1) is 0 Å². The van der Waals surface area contributed by atoms with Gasteiger partial charge in [0.05, 0.1) is 30.3 Å². The zero-order valence-electron chi connectivity index (χ0n) is 22.7. The van der Waals surface area contributed by atoms with Gasteiger partial charge in [0.1, 0.15) is 28.3 Å². The predicted octanol–water partition coefficient (Wildman–Crippen LogP) is 6.41. The molecule has 4 aromatic rings. The summed E-state index contributed by atoms with van der Waals surface area (Å²) in [5.41, 5.74) is 3.54. The van der Waals surface area contributed by atoms with E-state index in [-0.39, 0.29) is 12.1 Å². The number of imidazole rings is 1. The summed E-state index contributed by atoms with van der Waals surface area (Å²) in [5.74, 6) is 0.0810. The molecule has 1 amide bonds. The van der Waals surface area contributed by atoms with E-state index in [0.29, 0.717) is 35.5 Å². The van der Waals surface area contributed by atoms with Crippen LogP contribution in [0.4, 0.5) is 9.18 Å². The average Bonchev–Trinajstić information content (AvgIpc) is 3.46. The summed E-state index contributed by atoms with van der Waals surface area (Å²) in [6, 6.07) is 6.97. The summed E-state index contributed by atoms with van der Waals surface area (Å²) < 4.78 is 28.9. The number of pyridine rings is 2. The molecule has 1 aliphatic heterocycles. The van der Waals surface area contributed by atoms with Crippen molar-refractivity contribution >= 4 is 23.3 Å². The summed E-state index contributed by atoms with van der Waals surface area (Å²) in [4.78, 5) is 22.8. The Hall–Kier alpha value is -3.66. The number of aromatic nitrogens is 5. The average molecular weight is 555 g/mol. The number of nitrogens with zero attached hydrogens (tertiary/aromatic N) is 6. The van der Waals surface area contributed by atoms with Gasteiger partial charge in [-0.1, -0.05) is 11.6 Å². The van der Waals surface area contributed by atoms with E-state index in [9.17, 15) is 9.18 Å². The molecule has 5 heterocycles. The highest BCUT2D eigenvalue weighted by molar-refractivity contribution is 6.29. The Morgan fingerprint density at radius 1 is 1.13 bits per heavy atom. The molecule has 1 aliphatic rings. The Kier molecular flexibility index (Phi) is 7.24. The van der Waals surface area contributed by atoms with E-state index in [0.717, 1.165) is 29.7 Å². The summed E-state index contributed by atoms with van der Waals surface area (Å²) in [6.45, 7) is 10.7. The largest absolute Gasteiger partial charge is 0.469 e. The Morgan fingerprint density at radius 3 is 2.54 bits per heavy atom. The van der Waals surface area contributed by atoms with Crippen LogP contribution in [0.2, 0.25) is 5.15 Å². The molecular formula is C28H32ClFN6O3. The van der Waals surface area contributed by atoms with Gasteiger partial charge in [0, 0.05) is 30.4 Å². The first kappa shape index (κ1) is 26.9. The minimum Gasteiger partial charge on any atom is -0.469 e. The maximum Gasteiger partial charge on any atom is 0.410 e. The van der Waals surface area contributed by atoms with Gasteiger partial charge in [-0.3, -0.25) is 14.1 Å². The zero-order valence-corrected chi connectivity index (χ0v) is 23.4. The van der Waals surface area contributed by atoms with Gasteiger partial charge in [-0.2, -0.15) is 5.10 Å². The van der Waals surface area contributed by atoms with E-state index >= 15 is 0 Å². The Labute approximate surface area is 231 Å². The van der Waals surface area contributed by atoms with Crippen molar-refractivity contribution in [1.82, 2.24) is 29.0 Å². The zero-order chi connectivity index (χ0) is 27.9. The van der Waals surface area contributed by atoms with E-state index in [1.807, 2.05) is 57.6 Å². The number of hydrogen-bond acceptors (Lipinski definition) is 6. The summed E-state index contributed by atoms with van der Waals surface area (Å²) in [5, 5.41) is 5.13. The van der Waals surface area contributed by atoms with Gasteiger partial charge in [-0.25, -0.2) is 14.2 Å². The molecule has 0 radical (unpaired) electrons. The van der Waals surface area contributed by atoms with Crippen LogP contribution in [-0.2, 0) is 4.74 Å². The van der Waals surface area contributed by atoms with E-state index in [1.165, 1.54) is 12.3 Å². The number of fused-ring (bicyclic) bond motifs is 1. The third kappa shape index (κ3) is 5.71. The standard InChI is InChI=1S/C28H32ClFN6O3/c1-17-22(15-33-36(17)21-8-10-34(11-9-21)27(37)39-28(3,4)5)19-12-25-32-16-24(29)35(25)26(13-19)38-18(2)23-7-6-20(30)14-31-23/h6-7,12-16,18,21H,8-11H2,1-5H3/t18-/m1/s1. The lowest BCUT2D eigenvalue weighted by Gasteiger charge is -2.33. The van der Waals surface area contributed by atoms with Crippen LogP contribution in [0.25, 0.3) is 16.8 Å². The molecule has 1 atom stereocenters. The molecule has 0 aromatic carbocycles. The lowest BCUT2D eigenvalue weighted by Crippen LogP contribution is -2.42. The monoisotopic (exact) mass is 554 g/mol. The minimum atomic E-state index is -0.516. The number of hydrogen-bond donors (Lipinski definition) is 0. The summed E-state index contributed by atoms with van der Waals surface area (Å²) in [7, 11) is 0. The highest BCUT2D eigenvalue weighted by atomic mass is 35.5. The van der Waals surface area contributed by atoms with Crippen LogP contribution < -0.4 is 4.74 Å². The number of piperidine rings is 1. The highest BCUT2D eigenvalue weighted by Gasteiger charge is 2.29. The van der Waals surface area contributed by atoms with Crippen molar-refractivity contribution in [3.8, 4) is 17.0 Å². The Morgan fingerprint density at radius 2 is 1.87 bits per heavy atom. The fourth-order valence-electron chi connectivity index (χ4n) is 4.85. The van der Waals surface area contributed by atoms with Crippen LogP contribution in [-0.4, -0.2) is 53.8 Å². The van der Waals surface area contributed by atoms with Crippen LogP contribution in [0.1, 0.15) is 64.1 Å². The van der Waals surface area contributed by atoms with E-state index in [2.05, 4.69) is 9.97 Å². The predicted molar refractivity (Wildman–Crippen MR) is 145 cm³/mol. The van der Waals surface area contributed by atoms with Gasteiger partial charge in [0.2, 0.25) is 5.88 Å². The fourth-order valence-corrected chi connectivity index (χ4v) is 5.07. The second kappa shape index (κ2) is 10.5. The Bertz CT molecular complexity index is 1490. The molecule has 1 saturated heterocycles. The molecule has 9 nitrogen and oxygen atoms in total. The quantitative estimate of drug-likeness (QED) is 0.283. The molecule has 0 spiro atoms. The molecular weight excluding hydrogens is 523 g/mol. The van der Waals surface area contributed by atoms with Crippen LogP contribution in [0.3, 0.4) is 0 Å². The van der Waals surface area contributed by atoms with E-state index in [4.69, 9.17) is 26.2 Å². The number of carbonyl (C=O) groups excluding carboxylic acids is 1. The van der Waals surface area contributed by atoms with E-state index in [1.54, 1.807) is 21.6 Å². The van der Waals surface area contributed by atoms with Gasteiger partial charge >= 0.3 is 6.09 Å². The van der Waals surface area contributed by atoms with Gasteiger partial charge in [-0.05, 0) is 71.2 Å². The number of amides is 1. The number of ether oxygens (including phenoxy) is 2. The number of rotatable bonds is 5. The topological polar surface area (TPSA) is 86.8 Å². The SMILES string of the molecule is Cc1c(-c2cc(O[C@H](C)c3ccc(F)cn3)n3c(Cl)cnc3c2)cnn1C1CCN(C(=O)OC(C)(C)C)CC1. The lowest BCUT2D eigenvalue weighted by molar-refractivity contribution is 0.0184. The molecule has 39 heavy (non-hydrogen) atoms. The lowest BCUT2D eigenvalue weighted by atomic mass is 10.0. The van der Waals surface area contributed by atoms with Gasteiger partial charge in [0.15, 0.2) is 0 Å². The van der Waals surface area contributed by atoms with Crippen molar-refractivity contribution in [2.24, 2.45) is 0 Å². The van der Waals surface area contributed by atoms with Gasteiger partial charge < -0.3 is 14.4 Å². The number of carbonyl (C=O) groups is 1. The van der Waals surface area contributed by atoms with Crippen molar-refractivity contribution in [2.45, 2.75) is 65.2 Å². The van der Waals surface area contributed by atoms with Gasteiger partial charge in [0.25, 0.3) is 0 Å². The smallest absolute Gasteiger partial charge is 0.410 e. The third-order valence-electron chi connectivity index (χ3n) is 6.81. The fraction of sp³-hybridized carbons (Fsp3) is 0.429. The molecule has 1 fully saturated rings. The van der Waals surface area contributed by atoms with Crippen LogP contribution in [0, 0.1) is 12.7 Å². The summed E-state index contributed by atoms with van der Waals surface area (Å²) >= 11 is 6.43. The molecule has 0 bridgehead atoms. The first-order valence-corrected chi connectivity index (χ1v) is 13.4. The van der Waals surface area contributed by atoms with Crippen LogP contribution >= 0.6 is 11.6 Å². The maximum atomic E-state index is 13.4. The maximum absolute atomic E-state index is 13.4. The molecule has 0 aliphatic carbocycles. The van der Waals surface area contributed by atoms with Crippen molar-refractivity contribution in [2.75, 3.05) is 13.1 Å². The Balaban J connectivity index is 1.38. The van der Waals surface area contributed by atoms with Crippen LogP contribution in [0.15, 0.2) is 42.9 Å². The van der Waals surface area contributed by atoms with Crippen molar-refractivity contribution < 1.29 is 18.7 Å². The third-order valence-corrected chi connectivity index (χ3v) is 7.08. The number of halogens is 2. The summed E-state index contributed by atoms with van der Waals surface area (Å²) in [6.07, 6.45) is 5.43. The molecule has 0 unspecified atom stereocenters. The van der Waals surface area contributed by atoms with E-state index < -0.39 is 17.5 Å². The second-order valence-electron chi connectivity index (χ2n) is 10.8. The molecule has 0 saturated carbocycles. The molecule has 5 rings (SSSR count). The van der Waals surface area contributed by atoms with Crippen LogP contribution in [0.5, 0.6) is 5.88 Å². The van der Waals surface area contributed by atoms with Crippen molar-refractivity contribution in [3.63, 3.8) is 0 Å². The number of likely N-dealkylation sites (tertiary alicyclic amines) is 1. The molecule has 11 heteroatoms. The first-order valence-electron chi connectivity index (χ1n) is 13.0. The minimum absolute atomic E-state index is 0.169. The molecule has 0 N–H and O–H groups in total. The highest BCUT2D eigenvalue weighted by Crippen LogP contribution is 2.34. The normalized spacial score (nSPS) is 15.5. The van der Waals surface area contributed by atoms with Crippen molar-refractivity contribution in [3.05, 3.63) is 65.2 Å².